The van der Waals surface area contributed by atoms with Crippen LogP contribution in [-0.4, -0.2) is 35.2 Å². The number of phenolic OH excluding ortho intramolecular Hbond substituents is 1. The van der Waals surface area contributed by atoms with Crippen molar-refractivity contribution >= 4 is 11.7 Å². The van der Waals surface area contributed by atoms with E-state index < -0.39 is 0 Å². The smallest absolute Gasteiger partial charge is 0.319 e. The minimum absolute atomic E-state index is 0.128. The molecule has 0 saturated carbocycles. The van der Waals surface area contributed by atoms with Crippen LogP contribution in [0, 0.1) is 6.92 Å². The molecule has 0 aliphatic carbocycles. The lowest BCUT2D eigenvalue weighted by molar-refractivity contribution is 0.190. The number of likely N-dealkylation sites (tertiary alicyclic amines) is 1. The summed E-state index contributed by atoms with van der Waals surface area (Å²) in [4.78, 5) is 15.6. The molecule has 1 saturated heterocycles. The van der Waals surface area contributed by atoms with Crippen molar-refractivity contribution in [1.29, 1.82) is 0 Å². The van der Waals surface area contributed by atoms with E-state index in [1.54, 1.807) is 0 Å². The number of rotatable bonds is 7. The first kappa shape index (κ1) is 30.6. The molecule has 2 amide bonds. The summed E-state index contributed by atoms with van der Waals surface area (Å²) in [6.45, 7) is 17.8. The molecule has 4 rings (SSSR count). The Kier molecular flexibility index (Phi) is 9.48. The maximum atomic E-state index is 13.1. The van der Waals surface area contributed by atoms with Crippen molar-refractivity contribution in [2.75, 3.05) is 18.4 Å². The molecule has 41 heavy (non-hydrogen) atoms. The number of benzene rings is 3. The molecule has 0 unspecified atom stereocenters. The number of amides is 2. The molecule has 0 atom stereocenters. The highest BCUT2D eigenvalue weighted by Crippen LogP contribution is 2.40. The van der Waals surface area contributed by atoms with E-state index in [0.717, 1.165) is 73.3 Å². The monoisotopic (exact) mass is 555 g/mol. The normalized spacial score (nSPS) is 15.1. The molecule has 3 N–H and O–H groups in total. The third-order valence-corrected chi connectivity index (χ3v) is 8.24. The molecule has 0 aromatic heterocycles. The van der Waals surface area contributed by atoms with Crippen LogP contribution in [0.15, 0.2) is 60.7 Å². The number of nitrogens with zero attached hydrogens (tertiary/aromatic N) is 1. The van der Waals surface area contributed by atoms with Crippen LogP contribution < -0.4 is 10.6 Å². The van der Waals surface area contributed by atoms with Crippen LogP contribution in [0.5, 0.6) is 5.75 Å². The van der Waals surface area contributed by atoms with E-state index in [9.17, 15) is 9.90 Å². The van der Waals surface area contributed by atoms with E-state index in [2.05, 4.69) is 125 Å². The molecule has 0 bridgehead atoms. The van der Waals surface area contributed by atoms with E-state index in [0.29, 0.717) is 5.75 Å². The topological polar surface area (TPSA) is 64.6 Å². The summed E-state index contributed by atoms with van der Waals surface area (Å²) < 4.78 is 0. The number of anilines is 1. The number of para-hydroxylation sites is 1. The lowest BCUT2D eigenvalue weighted by atomic mass is 9.78. The number of carbonyl (C=O) groups excluding carboxylic acids is 1. The molecular weight excluding hydrogens is 506 g/mol. The lowest BCUT2D eigenvalue weighted by Crippen LogP contribution is -2.45. The number of aromatic hydroxyl groups is 1. The van der Waals surface area contributed by atoms with Gasteiger partial charge in [-0.1, -0.05) is 102 Å². The first-order valence-electron chi connectivity index (χ1n) is 15.1. The second-order valence-corrected chi connectivity index (χ2v) is 13.8. The Morgan fingerprint density at radius 3 is 2.05 bits per heavy atom. The molecular formula is C36H49N3O2. The second kappa shape index (κ2) is 12.7. The van der Waals surface area contributed by atoms with E-state index >= 15 is 0 Å². The molecule has 220 valence electrons. The number of nitrogens with one attached hydrogen (secondary N) is 2. The van der Waals surface area contributed by atoms with Gasteiger partial charge in [0, 0.05) is 31.4 Å². The molecule has 5 heteroatoms. The average Bonchev–Trinajstić information content (AvgIpc) is 2.90. The van der Waals surface area contributed by atoms with E-state index in [4.69, 9.17) is 0 Å². The first-order chi connectivity index (χ1) is 19.3. The summed E-state index contributed by atoms with van der Waals surface area (Å²) in [5.74, 6) is 0.411. The molecule has 3 aromatic rings. The number of hydrogen-bond acceptors (Lipinski definition) is 3. The molecule has 3 aromatic carbocycles. The maximum Gasteiger partial charge on any atom is 0.319 e. The highest BCUT2D eigenvalue weighted by atomic mass is 16.3. The predicted molar refractivity (Wildman–Crippen MR) is 171 cm³/mol. The van der Waals surface area contributed by atoms with Gasteiger partial charge in [-0.25, -0.2) is 4.79 Å². The standard InChI is InChI=1S/C36H49N3O2/c1-25-12-11-15-28(17-16-27-22-30(35(2,3)4)33(40)31(23-27)36(5,6)7)32(25)38-34(41)37-29-18-20-39(21-19-29)24-26-13-9-8-10-14-26/h8-15,22-23,29,40H,16-21,24H2,1-7H3,(H2,37,38,41). The Labute approximate surface area is 247 Å². The van der Waals surface area contributed by atoms with Gasteiger partial charge < -0.3 is 15.7 Å². The Morgan fingerprint density at radius 1 is 0.854 bits per heavy atom. The fourth-order valence-corrected chi connectivity index (χ4v) is 5.79. The highest BCUT2D eigenvalue weighted by molar-refractivity contribution is 5.91. The Morgan fingerprint density at radius 2 is 1.46 bits per heavy atom. The Bertz CT molecular complexity index is 1290. The number of hydrogen-bond donors (Lipinski definition) is 3. The molecule has 0 radical (unpaired) electrons. The van der Waals surface area contributed by atoms with Crippen LogP contribution >= 0.6 is 0 Å². The molecule has 1 heterocycles. The number of urea groups is 1. The fraction of sp³-hybridized carbons (Fsp3) is 0.472. The van der Waals surface area contributed by atoms with Crippen LogP contribution in [0.2, 0.25) is 0 Å². The largest absolute Gasteiger partial charge is 0.507 e. The zero-order valence-corrected chi connectivity index (χ0v) is 26.1. The van der Waals surface area contributed by atoms with E-state index in [1.165, 1.54) is 11.1 Å². The summed E-state index contributed by atoms with van der Waals surface area (Å²) in [5.41, 5.74) is 7.27. The molecule has 5 nitrogen and oxygen atoms in total. The van der Waals surface area contributed by atoms with Crippen molar-refractivity contribution in [3.63, 3.8) is 0 Å². The summed E-state index contributed by atoms with van der Waals surface area (Å²) in [6, 6.07) is 21.2. The minimum Gasteiger partial charge on any atom is -0.507 e. The lowest BCUT2D eigenvalue weighted by Gasteiger charge is -2.32. The number of aryl methyl sites for hydroxylation is 3. The van der Waals surface area contributed by atoms with Crippen LogP contribution in [0.3, 0.4) is 0 Å². The van der Waals surface area contributed by atoms with E-state index in [-0.39, 0.29) is 22.9 Å². The van der Waals surface area contributed by atoms with Gasteiger partial charge >= 0.3 is 6.03 Å². The van der Waals surface area contributed by atoms with Crippen LogP contribution in [0.1, 0.15) is 87.8 Å². The highest BCUT2D eigenvalue weighted by Gasteiger charge is 2.27. The van der Waals surface area contributed by atoms with Crippen molar-refractivity contribution < 1.29 is 9.90 Å². The summed E-state index contributed by atoms with van der Waals surface area (Å²) in [7, 11) is 0. The number of phenols is 1. The SMILES string of the molecule is Cc1cccc(CCc2cc(C(C)(C)C)c(O)c(C(C)(C)C)c2)c1NC(=O)NC1CCN(Cc2ccccc2)CC1. The van der Waals surface area contributed by atoms with E-state index in [1.807, 2.05) is 0 Å². The zero-order chi connectivity index (χ0) is 29.8. The van der Waals surface area contributed by atoms with Crippen LogP contribution in [0.25, 0.3) is 0 Å². The van der Waals surface area contributed by atoms with Gasteiger partial charge in [0.15, 0.2) is 0 Å². The van der Waals surface area contributed by atoms with Crippen LogP contribution in [-0.2, 0) is 30.2 Å². The van der Waals surface area contributed by atoms with Gasteiger partial charge in [0.25, 0.3) is 0 Å². The Balaban J connectivity index is 1.40. The third kappa shape index (κ3) is 8.13. The van der Waals surface area contributed by atoms with Gasteiger partial charge in [0.1, 0.15) is 5.75 Å². The van der Waals surface area contributed by atoms with Gasteiger partial charge in [-0.15, -0.1) is 0 Å². The first-order valence-corrected chi connectivity index (χ1v) is 15.1. The fourth-order valence-electron chi connectivity index (χ4n) is 5.79. The predicted octanol–water partition coefficient (Wildman–Crippen LogP) is 7.87. The quantitative estimate of drug-likeness (QED) is 0.278. The average molecular weight is 556 g/mol. The van der Waals surface area contributed by atoms with Gasteiger partial charge in [0.05, 0.1) is 0 Å². The van der Waals surface area contributed by atoms with Crippen molar-refractivity contribution in [2.24, 2.45) is 0 Å². The molecule has 1 aliphatic heterocycles. The van der Waals surface area contributed by atoms with Gasteiger partial charge in [0.2, 0.25) is 0 Å². The van der Waals surface area contributed by atoms with Crippen molar-refractivity contribution in [1.82, 2.24) is 10.2 Å². The van der Waals surface area contributed by atoms with Crippen molar-refractivity contribution in [3.05, 3.63) is 94.0 Å². The third-order valence-electron chi connectivity index (χ3n) is 8.24. The molecule has 1 fully saturated rings. The summed E-state index contributed by atoms with van der Waals surface area (Å²) in [5, 5.41) is 17.5. The van der Waals surface area contributed by atoms with Crippen LogP contribution in [0.4, 0.5) is 10.5 Å². The molecule has 0 spiro atoms. The number of carbonyl (C=O) groups is 1. The zero-order valence-electron chi connectivity index (χ0n) is 26.1. The second-order valence-electron chi connectivity index (χ2n) is 13.8. The van der Waals surface area contributed by atoms with Gasteiger partial charge in [-0.05, 0) is 76.8 Å². The van der Waals surface area contributed by atoms with Gasteiger partial charge in [-0.3, -0.25) is 4.90 Å². The Hall–Kier alpha value is -3.31. The van der Waals surface area contributed by atoms with Gasteiger partial charge in [-0.2, -0.15) is 0 Å². The van der Waals surface area contributed by atoms with Crippen molar-refractivity contribution in [3.8, 4) is 5.75 Å². The summed E-state index contributed by atoms with van der Waals surface area (Å²) >= 11 is 0. The summed E-state index contributed by atoms with van der Waals surface area (Å²) in [6.07, 6.45) is 3.53. The maximum absolute atomic E-state index is 13.1. The van der Waals surface area contributed by atoms with Crippen molar-refractivity contribution in [2.45, 2.75) is 97.6 Å². The molecule has 1 aliphatic rings. The number of piperidine rings is 1. The minimum atomic E-state index is -0.161.